The topological polar surface area (TPSA) is 116 Å². The molecule has 1 atom stereocenters. The van der Waals surface area contributed by atoms with E-state index in [1.54, 1.807) is 38.4 Å². The van der Waals surface area contributed by atoms with Crippen molar-refractivity contribution in [3.8, 4) is 0 Å². The maximum absolute atomic E-state index is 14.3. The molecule has 1 aliphatic heterocycles. The number of hydrogen-bond acceptors (Lipinski definition) is 9. The second-order valence-corrected chi connectivity index (χ2v) is 13.2. The summed E-state index contributed by atoms with van der Waals surface area (Å²) < 4.78 is 66.9. The molecule has 11 nitrogen and oxygen atoms in total. The second kappa shape index (κ2) is 19.0. The molecule has 296 valence electrons. The fourth-order valence-corrected chi connectivity index (χ4v) is 6.91. The summed E-state index contributed by atoms with van der Waals surface area (Å²) in [6.07, 6.45) is 12.0. The monoisotopic (exact) mass is 815 g/mol. The molecular formula is C39H39Cl2F4N7O4. The third kappa shape index (κ3) is 9.56. The summed E-state index contributed by atoms with van der Waals surface area (Å²) in [5.74, 6) is -1.60. The number of ether oxygens (including phenoxy) is 2. The molecule has 0 unspecified atom stereocenters. The van der Waals surface area contributed by atoms with Crippen molar-refractivity contribution in [3.63, 3.8) is 0 Å². The van der Waals surface area contributed by atoms with Gasteiger partial charge in [0, 0.05) is 24.5 Å². The highest BCUT2D eigenvalue weighted by molar-refractivity contribution is 6.29. The first-order valence-corrected chi connectivity index (χ1v) is 18.3. The Morgan fingerprint density at radius 2 is 1.27 bits per heavy atom. The van der Waals surface area contributed by atoms with Crippen molar-refractivity contribution in [1.82, 2.24) is 29.2 Å². The summed E-state index contributed by atoms with van der Waals surface area (Å²) in [6, 6.07) is 10.3. The largest absolute Gasteiger partial charge is 0.462 e. The van der Waals surface area contributed by atoms with E-state index in [1.165, 1.54) is 45.7 Å². The zero-order valence-corrected chi connectivity index (χ0v) is 32.1. The molecule has 1 aliphatic carbocycles. The van der Waals surface area contributed by atoms with Gasteiger partial charge in [0.05, 0.1) is 31.6 Å². The van der Waals surface area contributed by atoms with Gasteiger partial charge in [0.1, 0.15) is 45.4 Å². The van der Waals surface area contributed by atoms with E-state index in [4.69, 9.17) is 21.1 Å². The average molecular weight is 817 g/mol. The molecule has 4 aromatic heterocycles. The third-order valence-electron chi connectivity index (χ3n) is 9.30. The quantitative estimate of drug-likeness (QED) is 0.0884. The lowest BCUT2D eigenvalue weighted by Crippen LogP contribution is -2.24. The zero-order chi connectivity index (χ0) is 39.1. The standard InChI is InChI=1S/C19H18F2N4O2.C11H12F2.C9H8ClN3O2.ClH/c1-2-27-19(26)14-11-22-25-9-7-17(23-18(14)25)24-8-3-4-16(24)13-10-12(20)5-6-15(13)21;12-9-5-6-11(13)10(7-9)8-3-1-2-4-8;1-2-15-9(14)6-5-11-13-4-3-7(10)12-8(6)13;/h5-7,9-11,16H,2-4,8H2,1H3;5-8H,1-4H2;3-5H,2H2,1H3;1H/t16-;;;/m1.../s1. The lowest BCUT2D eigenvalue weighted by molar-refractivity contribution is 0.0518. The normalized spacial score (nSPS) is 15.1. The number of esters is 2. The fourth-order valence-electron chi connectivity index (χ4n) is 6.77. The van der Waals surface area contributed by atoms with E-state index in [9.17, 15) is 27.2 Å². The van der Waals surface area contributed by atoms with Crippen LogP contribution in [0.5, 0.6) is 0 Å². The molecule has 1 saturated heterocycles. The Morgan fingerprint density at radius 3 is 1.86 bits per heavy atom. The molecule has 56 heavy (non-hydrogen) atoms. The van der Waals surface area contributed by atoms with E-state index in [0.29, 0.717) is 58.5 Å². The van der Waals surface area contributed by atoms with Gasteiger partial charge in [-0.2, -0.15) is 10.2 Å². The number of hydrogen-bond donors (Lipinski definition) is 0. The maximum atomic E-state index is 14.3. The Bertz CT molecular complexity index is 2300. The number of nitrogens with zero attached hydrogens (tertiary/aromatic N) is 7. The van der Waals surface area contributed by atoms with Gasteiger partial charge in [0.15, 0.2) is 11.3 Å². The van der Waals surface area contributed by atoms with E-state index < -0.39 is 23.6 Å². The first-order chi connectivity index (χ1) is 26.6. The van der Waals surface area contributed by atoms with Crippen LogP contribution in [-0.2, 0) is 9.47 Å². The van der Waals surface area contributed by atoms with Crippen LogP contribution in [0.3, 0.4) is 0 Å². The number of rotatable bonds is 7. The molecule has 2 fully saturated rings. The van der Waals surface area contributed by atoms with Crippen LogP contribution in [0.2, 0.25) is 5.15 Å². The van der Waals surface area contributed by atoms with Crippen molar-refractivity contribution in [1.29, 1.82) is 0 Å². The molecule has 2 aromatic carbocycles. The van der Waals surface area contributed by atoms with Crippen LogP contribution in [0.1, 0.15) is 96.2 Å². The molecule has 17 heteroatoms. The molecule has 0 amide bonds. The number of aromatic nitrogens is 6. The van der Waals surface area contributed by atoms with Crippen LogP contribution in [-0.4, -0.2) is 60.9 Å². The summed E-state index contributed by atoms with van der Waals surface area (Å²) in [7, 11) is 0. The minimum absolute atomic E-state index is 0. The highest BCUT2D eigenvalue weighted by Gasteiger charge is 2.30. The van der Waals surface area contributed by atoms with Gasteiger partial charge in [-0.25, -0.2) is 46.1 Å². The molecule has 6 aromatic rings. The van der Waals surface area contributed by atoms with Gasteiger partial charge < -0.3 is 14.4 Å². The summed E-state index contributed by atoms with van der Waals surface area (Å²) in [6.45, 7) is 4.70. The molecule has 0 N–H and O–H groups in total. The van der Waals surface area contributed by atoms with Gasteiger partial charge >= 0.3 is 11.9 Å². The van der Waals surface area contributed by atoms with Crippen molar-refractivity contribution >= 4 is 53.1 Å². The lowest BCUT2D eigenvalue weighted by atomic mass is 9.97. The molecule has 0 spiro atoms. The first kappa shape index (κ1) is 41.9. The minimum Gasteiger partial charge on any atom is -0.462 e. The fraction of sp³-hybridized carbons (Fsp3) is 0.333. The molecule has 8 rings (SSSR count). The van der Waals surface area contributed by atoms with Crippen LogP contribution < -0.4 is 4.90 Å². The van der Waals surface area contributed by atoms with E-state index in [-0.39, 0.29) is 48.2 Å². The lowest BCUT2D eigenvalue weighted by Gasteiger charge is -2.26. The maximum Gasteiger partial charge on any atom is 0.343 e. The van der Waals surface area contributed by atoms with Gasteiger partial charge in [-0.15, -0.1) is 12.4 Å². The number of carbonyl (C=O) groups is 2. The van der Waals surface area contributed by atoms with Crippen LogP contribution in [0.25, 0.3) is 11.3 Å². The number of halogens is 6. The Balaban J connectivity index is 0.000000175. The molecular weight excluding hydrogens is 777 g/mol. The highest BCUT2D eigenvalue weighted by Crippen LogP contribution is 2.37. The van der Waals surface area contributed by atoms with Crippen LogP contribution in [0.4, 0.5) is 23.4 Å². The number of anilines is 1. The van der Waals surface area contributed by atoms with E-state index >= 15 is 0 Å². The molecule has 0 bridgehead atoms. The predicted molar refractivity (Wildman–Crippen MR) is 203 cm³/mol. The summed E-state index contributed by atoms with van der Waals surface area (Å²) in [4.78, 5) is 34.1. The van der Waals surface area contributed by atoms with Crippen molar-refractivity contribution < 1.29 is 36.6 Å². The van der Waals surface area contributed by atoms with Crippen LogP contribution >= 0.6 is 24.0 Å². The van der Waals surface area contributed by atoms with Gasteiger partial charge in [-0.05, 0) is 99.5 Å². The zero-order valence-electron chi connectivity index (χ0n) is 30.5. The van der Waals surface area contributed by atoms with E-state index in [1.807, 2.05) is 4.90 Å². The minimum atomic E-state index is -0.494. The van der Waals surface area contributed by atoms with E-state index in [2.05, 4.69) is 20.2 Å². The average Bonchev–Trinajstić information content (AvgIpc) is 4.01. The summed E-state index contributed by atoms with van der Waals surface area (Å²) in [5.41, 5.74) is 2.24. The van der Waals surface area contributed by atoms with Crippen molar-refractivity contribution in [2.45, 2.75) is 64.3 Å². The Kier molecular flexibility index (Phi) is 14.2. The second-order valence-electron chi connectivity index (χ2n) is 12.8. The van der Waals surface area contributed by atoms with Gasteiger partial charge in [-0.1, -0.05) is 24.4 Å². The number of carbonyl (C=O) groups excluding carboxylic acids is 2. The van der Waals surface area contributed by atoms with Crippen molar-refractivity contribution in [2.24, 2.45) is 0 Å². The Labute approximate surface area is 331 Å². The van der Waals surface area contributed by atoms with Crippen molar-refractivity contribution in [3.05, 3.63) is 124 Å². The number of benzene rings is 2. The molecule has 0 radical (unpaired) electrons. The third-order valence-corrected chi connectivity index (χ3v) is 9.51. The molecule has 1 saturated carbocycles. The Hall–Kier alpha value is -5.28. The van der Waals surface area contributed by atoms with E-state index in [0.717, 1.165) is 44.2 Å². The van der Waals surface area contributed by atoms with Crippen molar-refractivity contribution in [2.75, 3.05) is 24.7 Å². The summed E-state index contributed by atoms with van der Waals surface area (Å²) >= 11 is 5.72. The van der Waals surface area contributed by atoms with Gasteiger partial charge in [-0.3, -0.25) is 0 Å². The van der Waals surface area contributed by atoms with Crippen LogP contribution in [0, 0.1) is 23.3 Å². The van der Waals surface area contributed by atoms with Gasteiger partial charge in [0.25, 0.3) is 0 Å². The molecule has 5 heterocycles. The van der Waals surface area contributed by atoms with Gasteiger partial charge in [0.2, 0.25) is 0 Å². The smallest absolute Gasteiger partial charge is 0.343 e. The summed E-state index contributed by atoms with van der Waals surface area (Å²) in [5, 5.41) is 8.39. The highest BCUT2D eigenvalue weighted by atomic mass is 35.5. The predicted octanol–water partition coefficient (Wildman–Crippen LogP) is 9.13. The van der Waals surface area contributed by atoms with Crippen LogP contribution in [0.15, 0.2) is 73.3 Å². The first-order valence-electron chi connectivity index (χ1n) is 17.9. The number of fused-ring (bicyclic) bond motifs is 2. The molecule has 2 aliphatic rings. The SMILES string of the molecule is CCOC(=O)c1cnn2ccc(Cl)nc12.CCOC(=O)c1cnn2ccc(N3CCC[C@@H]3c3cc(F)ccc3F)nc12.Cl.Fc1ccc(F)c(C2CCCC2)c1. The Morgan fingerprint density at radius 1 is 0.732 bits per heavy atom.